The van der Waals surface area contributed by atoms with Crippen molar-refractivity contribution >= 4 is 0 Å². The van der Waals surface area contributed by atoms with Gasteiger partial charge in [0.1, 0.15) is 0 Å². The van der Waals surface area contributed by atoms with E-state index >= 15 is 0 Å². The van der Waals surface area contributed by atoms with E-state index in [1.807, 2.05) is 0 Å². The van der Waals surface area contributed by atoms with Gasteiger partial charge >= 0.3 is 0 Å². The Balaban J connectivity index is 1.99. The lowest BCUT2D eigenvalue weighted by Gasteiger charge is -2.16. The van der Waals surface area contributed by atoms with Crippen LogP contribution in [0.25, 0.3) is 0 Å². The molecule has 0 aliphatic rings. The molecule has 0 fully saturated rings. The summed E-state index contributed by atoms with van der Waals surface area (Å²) in [5.74, 6) is 0. The fourth-order valence-corrected chi connectivity index (χ4v) is 1.81. The lowest BCUT2D eigenvalue weighted by molar-refractivity contribution is 0.194. The van der Waals surface area contributed by atoms with Crippen LogP contribution in [0.2, 0.25) is 0 Å². The van der Waals surface area contributed by atoms with Gasteiger partial charge in [-0.15, -0.1) is 0 Å². The second kappa shape index (κ2) is 10.1. The highest BCUT2D eigenvalue weighted by Gasteiger charge is 1.98. The third-order valence-corrected chi connectivity index (χ3v) is 3.00. The molecule has 0 radical (unpaired) electrons. The minimum absolute atomic E-state index is 0.844. The van der Waals surface area contributed by atoms with Crippen LogP contribution in [-0.4, -0.2) is 51.8 Å². The van der Waals surface area contributed by atoms with Crippen LogP contribution >= 0.6 is 0 Å². The molecule has 1 N–H and O–H groups in total. The number of likely N-dealkylation sites (N-methyl/N-ethyl adjacent to an activating group) is 1. The maximum atomic E-state index is 5.01. The van der Waals surface area contributed by atoms with Gasteiger partial charge in [0.05, 0.1) is 0 Å². The van der Waals surface area contributed by atoms with Crippen molar-refractivity contribution in [2.75, 3.05) is 46.9 Å². The quantitative estimate of drug-likeness (QED) is 0.641. The van der Waals surface area contributed by atoms with E-state index in [0.717, 1.165) is 45.6 Å². The monoisotopic (exact) mass is 250 g/mol. The summed E-state index contributed by atoms with van der Waals surface area (Å²) in [6.07, 6.45) is 2.21. The van der Waals surface area contributed by atoms with Gasteiger partial charge in [0.15, 0.2) is 0 Å². The average Bonchev–Trinajstić information content (AvgIpc) is 2.41. The molecule has 3 heteroatoms. The Morgan fingerprint density at radius 3 is 2.61 bits per heavy atom. The number of rotatable bonds is 10. The van der Waals surface area contributed by atoms with Gasteiger partial charge < -0.3 is 15.0 Å². The van der Waals surface area contributed by atoms with E-state index in [2.05, 4.69) is 47.6 Å². The number of hydrogen-bond donors (Lipinski definition) is 1. The minimum Gasteiger partial charge on any atom is -0.385 e. The SMILES string of the molecule is COCCCNCCN(C)CCc1ccccc1. The van der Waals surface area contributed by atoms with Crippen LogP contribution in [0.4, 0.5) is 0 Å². The molecule has 0 unspecified atom stereocenters. The van der Waals surface area contributed by atoms with Crippen LogP contribution in [0.5, 0.6) is 0 Å². The summed E-state index contributed by atoms with van der Waals surface area (Å²) in [5.41, 5.74) is 1.41. The van der Waals surface area contributed by atoms with Gasteiger partial charge in [0.2, 0.25) is 0 Å². The average molecular weight is 250 g/mol. The summed E-state index contributed by atoms with van der Waals surface area (Å²) in [5, 5.41) is 3.43. The lowest BCUT2D eigenvalue weighted by Crippen LogP contribution is -2.31. The van der Waals surface area contributed by atoms with E-state index in [-0.39, 0.29) is 0 Å². The number of nitrogens with zero attached hydrogens (tertiary/aromatic N) is 1. The van der Waals surface area contributed by atoms with Gasteiger partial charge in [-0.05, 0) is 32.0 Å². The lowest BCUT2D eigenvalue weighted by atomic mass is 10.1. The Morgan fingerprint density at radius 2 is 1.89 bits per heavy atom. The Labute approximate surface area is 111 Å². The van der Waals surface area contributed by atoms with E-state index < -0.39 is 0 Å². The maximum Gasteiger partial charge on any atom is 0.0474 e. The van der Waals surface area contributed by atoms with Crippen molar-refractivity contribution < 1.29 is 4.74 Å². The highest BCUT2D eigenvalue weighted by Crippen LogP contribution is 2.00. The summed E-state index contributed by atoms with van der Waals surface area (Å²) >= 11 is 0. The smallest absolute Gasteiger partial charge is 0.0474 e. The maximum absolute atomic E-state index is 5.01. The Morgan fingerprint density at radius 1 is 1.11 bits per heavy atom. The first-order valence-corrected chi connectivity index (χ1v) is 6.75. The first-order valence-electron chi connectivity index (χ1n) is 6.75. The predicted octanol–water partition coefficient (Wildman–Crippen LogP) is 1.79. The zero-order valence-corrected chi connectivity index (χ0v) is 11.7. The molecule has 0 bridgehead atoms. The van der Waals surface area contributed by atoms with E-state index in [4.69, 9.17) is 4.74 Å². The van der Waals surface area contributed by atoms with Crippen molar-refractivity contribution in [1.29, 1.82) is 0 Å². The van der Waals surface area contributed by atoms with Gasteiger partial charge in [0.25, 0.3) is 0 Å². The standard InChI is InChI=1S/C15H26N2O/c1-17(13-11-16-10-6-14-18-2)12-9-15-7-4-3-5-8-15/h3-5,7-8,16H,6,9-14H2,1-2H3. The summed E-state index contributed by atoms with van der Waals surface area (Å²) in [7, 11) is 3.93. The topological polar surface area (TPSA) is 24.5 Å². The van der Waals surface area contributed by atoms with E-state index in [1.54, 1.807) is 7.11 Å². The van der Waals surface area contributed by atoms with E-state index in [9.17, 15) is 0 Å². The van der Waals surface area contributed by atoms with Crippen LogP contribution in [0.15, 0.2) is 30.3 Å². The molecule has 0 saturated carbocycles. The Hall–Kier alpha value is -0.900. The second-order valence-corrected chi connectivity index (χ2v) is 4.64. The van der Waals surface area contributed by atoms with Crippen LogP contribution < -0.4 is 5.32 Å². The molecule has 18 heavy (non-hydrogen) atoms. The van der Waals surface area contributed by atoms with Crippen LogP contribution in [0.1, 0.15) is 12.0 Å². The molecule has 0 aliphatic carbocycles. The van der Waals surface area contributed by atoms with Crippen molar-refractivity contribution in [3.05, 3.63) is 35.9 Å². The summed E-state index contributed by atoms with van der Waals surface area (Å²) in [6, 6.07) is 10.7. The Bertz CT molecular complexity index is 290. The zero-order valence-electron chi connectivity index (χ0n) is 11.7. The van der Waals surface area contributed by atoms with Crippen LogP contribution in [-0.2, 0) is 11.2 Å². The summed E-state index contributed by atoms with van der Waals surface area (Å²) in [6.45, 7) is 5.15. The van der Waals surface area contributed by atoms with Gasteiger partial charge in [-0.25, -0.2) is 0 Å². The fourth-order valence-electron chi connectivity index (χ4n) is 1.81. The highest BCUT2D eigenvalue weighted by molar-refractivity contribution is 5.14. The molecule has 102 valence electrons. The fraction of sp³-hybridized carbons (Fsp3) is 0.600. The predicted molar refractivity (Wildman–Crippen MR) is 77.0 cm³/mol. The largest absolute Gasteiger partial charge is 0.385 e. The molecule has 1 aromatic rings. The molecule has 0 aromatic heterocycles. The van der Waals surface area contributed by atoms with E-state index in [1.165, 1.54) is 5.56 Å². The molecular weight excluding hydrogens is 224 g/mol. The third-order valence-electron chi connectivity index (χ3n) is 3.00. The van der Waals surface area contributed by atoms with Crippen LogP contribution in [0.3, 0.4) is 0 Å². The number of nitrogens with one attached hydrogen (secondary N) is 1. The zero-order chi connectivity index (χ0) is 13.1. The normalized spacial score (nSPS) is 11.1. The van der Waals surface area contributed by atoms with Gasteiger partial charge in [0, 0.05) is 33.4 Å². The first-order chi connectivity index (χ1) is 8.83. The minimum atomic E-state index is 0.844. The summed E-state index contributed by atoms with van der Waals surface area (Å²) < 4.78 is 5.01. The molecule has 0 atom stereocenters. The number of methoxy groups -OCH3 is 1. The number of hydrogen-bond acceptors (Lipinski definition) is 3. The second-order valence-electron chi connectivity index (χ2n) is 4.64. The number of ether oxygens (including phenoxy) is 1. The first kappa shape index (κ1) is 15.2. The van der Waals surface area contributed by atoms with Gasteiger partial charge in [-0.2, -0.15) is 0 Å². The number of benzene rings is 1. The molecule has 0 aliphatic heterocycles. The molecule has 0 amide bonds. The third kappa shape index (κ3) is 7.43. The van der Waals surface area contributed by atoms with Crippen LogP contribution in [0, 0.1) is 0 Å². The molecule has 0 spiro atoms. The Kier molecular flexibility index (Phi) is 8.47. The van der Waals surface area contributed by atoms with E-state index in [0.29, 0.717) is 0 Å². The van der Waals surface area contributed by atoms with Crippen molar-refractivity contribution in [2.24, 2.45) is 0 Å². The highest BCUT2D eigenvalue weighted by atomic mass is 16.5. The van der Waals surface area contributed by atoms with Crippen molar-refractivity contribution in [3.63, 3.8) is 0 Å². The molecule has 1 rings (SSSR count). The van der Waals surface area contributed by atoms with Gasteiger partial charge in [-0.3, -0.25) is 0 Å². The molecule has 1 aromatic carbocycles. The van der Waals surface area contributed by atoms with Crippen molar-refractivity contribution in [2.45, 2.75) is 12.8 Å². The van der Waals surface area contributed by atoms with Crippen molar-refractivity contribution in [1.82, 2.24) is 10.2 Å². The summed E-state index contributed by atoms with van der Waals surface area (Å²) in [4.78, 5) is 2.37. The molecule has 0 heterocycles. The molecule has 0 saturated heterocycles. The van der Waals surface area contributed by atoms with Crippen molar-refractivity contribution in [3.8, 4) is 0 Å². The molecular formula is C15H26N2O. The molecule has 3 nitrogen and oxygen atoms in total. The van der Waals surface area contributed by atoms with Gasteiger partial charge in [-0.1, -0.05) is 30.3 Å².